The van der Waals surface area contributed by atoms with Gasteiger partial charge in [0.15, 0.2) is 0 Å². The second-order valence-corrected chi connectivity index (χ2v) is 5.26. The van der Waals surface area contributed by atoms with Crippen LogP contribution in [0.4, 0.5) is 0 Å². The van der Waals surface area contributed by atoms with E-state index in [1.165, 1.54) is 10.6 Å². The van der Waals surface area contributed by atoms with E-state index in [2.05, 4.69) is 44.9 Å². The lowest BCUT2D eigenvalue weighted by molar-refractivity contribution is 0.639. The molecule has 1 aromatic carbocycles. The average Bonchev–Trinajstić information content (AvgIpc) is 3.10. The molecule has 3 aromatic rings. The van der Waals surface area contributed by atoms with Crippen LogP contribution in [-0.4, -0.2) is 20.0 Å². The zero-order valence-electron chi connectivity index (χ0n) is 10.4. The van der Waals surface area contributed by atoms with Crippen LogP contribution in [0.1, 0.15) is 16.3 Å². The Bertz CT molecular complexity index is 616. The lowest BCUT2D eigenvalue weighted by atomic mass is 10.1. The largest absolute Gasteiger partial charge is 0.247 e. The molecule has 3 rings (SSSR count). The molecule has 2 aromatic heterocycles. The maximum atomic E-state index is 4.63. The fraction of sp³-hybridized carbons (Fsp3) is 0.214. The van der Waals surface area contributed by atoms with Gasteiger partial charge < -0.3 is 0 Å². The number of rotatable bonds is 5. The molecule has 0 bridgehead atoms. The van der Waals surface area contributed by atoms with Crippen molar-refractivity contribution < 1.29 is 0 Å². The summed E-state index contributed by atoms with van der Waals surface area (Å²) in [6.07, 6.45) is 5.56. The topological polar surface area (TPSA) is 43.6 Å². The first-order valence-corrected chi connectivity index (χ1v) is 7.09. The van der Waals surface area contributed by atoms with Gasteiger partial charge in [0, 0.05) is 18.0 Å². The Balaban J connectivity index is 1.59. The van der Waals surface area contributed by atoms with Crippen LogP contribution >= 0.6 is 11.3 Å². The number of aryl methyl sites for hydroxylation is 2. The summed E-state index contributed by atoms with van der Waals surface area (Å²) in [6, 6.07) is 10.5. The van der Waals surface area contributed by atoms with Gasteiger partial charge in [0.1, 0.15) is 0 Å². The van der Waals surface area contributed by atoms with E-state index in [1.807, 2.05) is 12.3 Å². The van der Waals surface area contributed by atoms with Crippen LogP contribution in [0.2, 0.25) is 0 Å². The predicted molar refractivity (Wildman–Crippen MR) is 75.1 cm³/mol. The first kappa shape index (κ1) is 12.0. The minimum atomic E-state index is 0.696. The molecule has 4 nitrogen and oxygen atoms in total. The van der Waals surface area contributed by atoms with Gasteiger partial charge in [-0.15, -0.1) is 16.4 Å². The third-order valence-corrected chi connectivity index (χ3v) is 3.82. The van der Waals surface area contributed by atoms with Gasteiger partial charge in [-0.05, 0) is 12.0 Å². The number of hydrogen-bond donors (Lipinski definition) is 0. The molecule has 2 heterocycles. The highest BCUT2D eigenvalue weighted by atomic mass is 32.1. The lowest BCUT2D eigenvalue weighted by Gasteiger charge is -1.98. The van der Waals surface area contributed by atoms with Crippen molar-refractivity contribution in [3.63, 3.8) is 0 Å². The van der Waals surface area contributed by atoms with Gasteiger partial charge in [-0.25, -0.2) is 9.67 Å². The Kier molecular flexibility index (Phi) is 3.65. The number of benzene rings is 1. The Labute approximate surface area is 115 Å². The maximum absolute atomic E-state index is 4.63. The van der Waals surface area contributed by atoms with Gasteiger partial charge >= 0.3 is 0 Å². The molecule has 0 aliphatic rings. The van der Waals surface area contributed by atoms with Crippen LogP contribution in [0.5, 0.6) is 0 Å². The van der Waals surface area contributed by atoms with E-state index in [1.54, 1.807) is 22.2 Å². The number of hydrogen-bond acceptors (Lipinski definition) is 4. The molecule has 0 aliphatic heterocycles. The Morgan fingerprint density at radius 3 is 2.79 bits per heavy atom. The van der Waals surface area contributed by atoms with Crippen LogP contribution in [0.25, 0.3) is 0 Å². The Morgan fingerprint density at radius 2 is 2.00 bits per heavy atom. The average molecular weight is 270 g/mol. The Morgan fingerprint density at radius 1 is 1.11 bits per heavy atom. The second kappa shape index (κ2) is 5.75. The van der Waals surface area contributed by atoms with Gasteiger partial charge in [-0.3, -0.25) is 0 Å². The zero-order chi connectivity index (χ0) is 12.9. The predicted octanol–water partition coefficient (Wildman–Crippen LogP) is 2.57. The smallest absolute Gasteiger partial charge is 0.0932 e. The summed E-state index contributed by atoms with van der Waals surface area (Å²) in [5, 5.41) is 11.0. The van der Waals surface area contributed by atoms with Gasteiger partial charge in [0.05, 0.1) is 23.4 Å². The van der Waals surface area contributed by atoms with E-state index in [9.17, 15) is 0 Å². The fourth-order valence-corrected chi connectivity index (χ4v) is 2.70. The van der Waals surface area contributed by atoms with Crippen molar-refractivity contribution in [1.29, 1.82) is 0 Å². The first-order chi connectivity index (χ1) is 9.40. The van der Waals surface area contributed by atoms with Crippen molar-refractivity contribution in [3.8, 4) is 0 Å². The highest BCUT2D eigenvalue weighted by molar-refractivity contribution is 7.09. The molecule has 0 saturated carbocycles. The van der Waals surface area contributed by atoms with Crippen LogP contribution < -0.4 is 0 Å². The van der Waals surface area contributed by atoms with Crippen molar-refractivity contribution in [2.75, 3.05) is 0 Å². The Hall–Kier alpha value is -2.01. The minimum Gasteiger partial charge on any atom is -0.247 e. The van der Waals surface area contributed by atoms with Crippen molar-refractivity contribution in [2.45, 2.75) is 19.4 Å². The molecule has 5 heteroatoms. The van der Waals surface area contributed by atoms with E-state index >= 15 is 0 Å². The van der Waals surface area contributed by atoms with Crippen molar-refractivity contribution in [2.24, 2.45) is 0 Å². The molecule has 0 saturated heterocycles. The van der Waals surface area contributed by atoms with E-state index in [0.29, 0.717) is 6.54 Å². The fourth-order valence-electron chi connectivity index (χ4n) is 1.92. The maximum Gasteiger partial charge on any atom is 0.0932 e. The van der Waals surface area contributed by atoms with E-state index in [0.717, 1.165) is 18.5 Å². The normalized spacial score (nSPS) is 10.7. The van der Waals surface area contributed by atoms with Crippen LogP contribution in [0.3, 0.4) is 0 Å². The van der Waals surface area contributed by atoms with Crippen LogP contribution in [0.15, 0.2) is 48.1 Å². The monoisotopic (exact) mass is 270 g/mol. The first-order valence-electron chi connectivity index (χ1n) is 6.21. The number of nitrogens with zero attached hydrogens (tertiary/aromatic N) is 4. The van der Waals surface area contributed by atoms with E-state index < -0.39 is 0 Å². The van der Waals surface area contributed by atoms with Crippen molar-refractivity contribution >= 4 is 11.3 Å². The van der Waals surface area contributed by atoms with Gasteiger partial charge in [0.2, 0.25) is 0 Å². The summed E-state index contributed by atoms with van der Waals surface area (Å²) in [5.41, 5.74) is 2.41. The SMILES string of the molecule is c1ccc(CCc2nc(Cn3ccnn3)cs2)cc1. The molecule has 0 aliphatic carbocycles. The molecule has 0 amide bonds. The number of thiazole rings is 1. The van der Waals surface area contributed by atoms with E-state index in [4.69, 9.17) is 0 Å². The van der Waals surface area contributed by atoms with Crippen LogP contribution in [0, 0.1) is 0 Å². The summed E-state index contributed by atoms with van der Waals surface area (Å²) >= 11 is 1.72. The second-order valence-electron chi connectivity index (χ2n) is 4.32. The minimum absolute atomic E-state index is 0.696. The van der Waals surface area contributed by atoms with Crippen molar-refractivity contribution in [3.05, 3.63) is 64.4 Å². The molecular formula is C14H14N4S. The quantitative estimate of drug-likeness (QED) is 0.715. The van der Waals surface area contributed by atoms with Gasteiger partial charge in [0.25, 0.3) is 0 Å². The summed E-state index contributed by atoms with van der Waals surface area (Å²) in [4.78, 5) is 4.63. The summed E-state index contributed by atoms with van der Waals surface area (Å²) in [6.45, 7) is 0.696. The number of aromatic nitrogens is 4. The van der Waals surface area contributed by atoms with Crippen molar-refractivity contribution in [1.82, 2.24) is 20.0 Å². The third kappa shape index (κ3) is 3.26. The van der Waals surface area contributed by atoms with Gasteiger partial charge in [-0.2, -0.15) is 0 Å². The molecule has 19 heavy (non-hydrogen) atoms. The molecule has 0 spiro atoms. The highest BCUT2D eigenvalue weighted by Crippen LogP contribution is 2.13. The highest BCUT2D eigenvalue weighted by Gasteiger charge is 2.03. The third-order valence-electron chi connectivity index (χ3n) is 2.87. The van der Waals surface area contributed by atoms with Gasteiger partial charge in [-0.1, -0.05) is 35.5 Å². The molecule has 0 fully saturated rings. The lowest BCUT2D eigenvalue weighted by Crippen LogP contribution is -2.01. The summed E-state index contributed by atoms with van der Waals surface area (Å²) in [7, 11) is 0. The molecule has 0 unspecified atom stereocenters. The van der Waals surface area contributed by atoms with Crippen LogP contribution in [-0.2, 0) is 19.4 Å². The zero-order valence-corrected chi connectivity index (χ0v) is 11.3. The molecule has 0 atom stereocenters. The molecule has 0 N–H and O–H groups in total. The molecule has 0 radical (unpaired) electrons. The van der Waals surface area contributed by atoms with E-state index in [-0.39, 0.29) is 0 Å². The summed E-state index contributed by atoms with van der Waals surface area (Å²) < 4.78 is 1.79. The standard InChI is InChI=1S/C14H14N4S/c1-2-4-12(5-3-1)6-7-14-16-13(11-19-14)10-18-9-8-15-17-18/h1-5,8-9,11H,6-7,10H2. The summed E-state index contributed by atoms with van der Waals surface area (Å²) in [5.74, 6) is 0. The molecular weight excluding hydrogens is 256 g/mol. The molecule has 96 valence electrons.